The molecule has 0 spiro atoms. The molecule has 0 atom stereocenters. The number of nitro benzene ring substituents is 2. The third-order valence-corrected chi connectivity index (χ3v) is 4.81. The molecule has 3 N–H and O–H groups in total. The van der Waals surface area contributed by atoms with Crippen LogP contribution in [0.3, 0.4) is 0 Å². The number of rotatable bonds is 6. The van der Waals surface area contributed by atoms with Crippen LogP contribution in [-0.2, 0) is 10.0 Å². The van der Waals surface area contributed by atoms with Crippen LogP contribution in [0, 0.1) is 20.2 Å². The van der Waals surface area contributed by atoms with Gasteiger partial charge in [-0.2, -0.15) is 0 Å². The van der Waals surface area contributed by atoms with E-state index in [0.29, 0.717) is 18.2 Å². The van der Waals surface area contributed by atoms with E-state index in [9.17, 15) is 38.2 Å². The van der Waals surface area contributed by atoms with Gasteiger partial charge in [0, 0.05) is 24.9 Å². The largest absolute Gasteiger partial charge is 0.341 e. The third-order valence-electron chi connectivity index (χ3n) is 3.46. The number of benzene rings is 2. The predicted molar refractivity (Wildman–Crippen MR) is 98.9 cm³/mol. The van der Waals surface area contributed by atoms with E-state index >= 15 is 0 Å². The zero-order valence-electron chi connectivity index (χ0n) is 14.6. The molecule has 0 unspecified atom stereocenters. The predicted octanol–water partition coefficient (Wildman–Crippen LogP) is 1.37. The van der Waals surface area contributed by atoms with Gasteiger partial charge in [-0.3, -0.25) is 25.0 Å². The average molecular weight is 423 g/mol. The summed E-state index contributed by atoms with van der Waals surface area (Å²) in [7, 11) is -3.00. The molecule has 0 aliphatic heterocycles. The molecule has 0 heterocycles. The monoisotopic (exact) mass is 423 g/mol. The van der Waals surface area contributed by atoms with Gasteiger partial charge in [-0.15, -0.1) is 0 Å². The number of nitro groups is 2. The number of urea groups is 1. The Balaban J connectivity index is 2.28. The Kier molecular flexibility index (Phi) is 6.08. The lowest BCUT2D eigenvalue weighted by atomic mass is 10.1. The van der Waals surface area contributed by atoms with Crippen LogP contribution in [0.25, 0.3) is 0 Å². The zero-order chi connectivity index (χ0) is 21.8. The first-order chi connectivity index (χ1) is 13.5. The molecule has 0 fully saturated rings. The molecule has 29 heavy (non-hydrogen) atoms. The van der Waals surface area contributed by atoms with Crippen molar-refractivity contribution in [3.63, 3.8) is 0 Å². The lowest BCUT2D eigenvalue weighted by Crippen LogP contribution is -2.30. The van der Waals surface area contributed by atoms with Gasteiger partial charge in [0.05, 0.1) is 26.4 Å². The van der Waals surface area contributed by atoms with Crippen LogP contribution in [0.15, 0.2) is 47.4 Å². The Morgan fingerprint density at radius 1 is 0.931 bits per heavy atom. The van der Waals surface area contributed by atoms with Crippen molar-refractivity contribution in [3.8, 4) is 0 Å². The Hall–Kier alpha value is -4.07. The topological polar surface area (TPSA) is 191 Å². The van der Waals surface area contributed by atoms with Crippen LogP contribution < -0.4 is 15.4 Å². The van der Waals surface area contributed by atoms with Crippen LogP contribution in [0.1, 0.15) is 10.4 Å². The molecule has 2 aromatic rings. The fourth-order valence-corrected chi connectivity index (χ4v) is 3.06. The summed E-state index contributed by atoms with van der Waals surface area (Å²) in [4.78, 5) is 43.0. The highest BCUT2D eigenvalue weighted by molar-refractivity contribution is 7.90. The van der Waals surface area contributed by atoms with Gasteiger partial charge in [0.15, 0.2) is 0 Å². The van der Waals surface area contributed by atoms with Gasteiger partial charge in [-0.25, -0.2) is 17.9 Å². The molecule has 0 radical (unpaired) electrons. The molecular weight excluding hydrogens is 410 g/mol. The number of anilines is 1. The highest BCUT2D eigenvalue weighted by atomic mass is 32.2. The summed E-state index contributed by atoms with van der Waals surface area (Å²) in [5.74, 6) is -1.29. The summed E-state index contributed by atoms with van der Waals surface area (Å²) in [5, 5.41) is 26.5. The van der Waals surface area contributed by atoms with Gasteiger partial charge >= 0.3 is 6.03 Å². The minimum absolute atomic E-state index is 0.281. The number of non-ortho nitro benzene ring substituents is 2. The second-order valence-corrected chi connectivity index (χ2v) is 7.10. The number of sulfonamides is 1. The maximum absolute atomic E-state index is 12.3. The Labute approximate surface area is 163 Å². The summed E-state index contributed by atoms with van der Waals surface area (Å²) in [5.41, 5.74) is -1.78. The highest BCUT2D eigenvalue weighted by Crippen LogP contribution is 2.23. The molecule has 13 nitrogen and oxygen atoms in total. The van der Waals surface area contributed by atoms with Crippen molar-refractivity contribution in [1.29, 1.82) is 0 Å². The van der Waals surface area contributed by atoms with E-state index in [-0.39, 0.29) is 10.6 Å². The van der Waals surface area contributed by atoms with Gasteiger partial charge in [-0.1, -0.05) is 0 Å². The number of nitrogens with zero attached hydrogens (tertiary/aromatic N) is 2. The molecule has 0 aliphatic rings. The van der Waals surface area contributed by atoms with Crippen molar-refractivity contribution in [1.82, 2.24) is 10.0 Å². The Morgan fingerprint density at radius 3 is 1.90 bits per heavy atom. The maximum atomic E-state index is 12.3. The molecule has 0 saturated carbocycles. The molecule has 0 aromatic heterocycles. The van der Waals surface area contributed by atoms with Crippen molar-refractivity contribution in [2.24, 2.45) is 0 Å². The SMILES string of the molecule is CNC(=O)Nc1ccc(S(=O)(=O)NC(=O)c2cc([N+](=O)[O-])cc([N+](=O)[O-])c2)cc1. The molecule has 14 heteroatoms. The van der Waals surface area contributed by atoms with E-state index in [1.165, 1.54) is 19.2 Å². The summed E-state index contributed by atoms with van der Waals surface area (Å²) < 4.78 is 26.4. The van der Waals surface area contributed by atoms with Crippen LogP contribution in [0.2, 0.25) is 0 Å². The van der Waals surface area contributed by atoms with Gasteiger partial charge in [0.2, 0.25) is 0 Å². The van der Waals surface area contributed by atoms with E-state index in [4.69, 9.17) is 0 Å². The lowest BCUT2D eigenvalue weighted by molar-refractivity contribution is -0.394. The number of nitrogens with one attached hydrogen (secondary N) is 3. The van der Waals surface area contributed by atoms with E-state index in [1.807, 2.05) is 0 Å². The van der Waals surface area contributed by atoms with Crippen LogP contribution in [0.4, 0.5) is 21.9 Å². The van der Waals surface area contributed by atoms with Crippen molar-refractivity contribution in [2.45, 2.75) is 4.90 Å². The maximum Gasteiger partial charge on any atom is 0.318 e. The number of hydrogen-bond acceptors (Lipinski definition) is 8. The van der Waals surface area contributed by atoms with Crippen LogP contribution >= 0.6 is 0 Å². The first-order valence-corrected chi connectivity index (χ1v) is 9.11. The smallest absolute Gasteiger partial charge is 0.318 e. The fourth-order valence-electron chi connectivity index (χ4n) is 2.09. The summed E-state index contributed by atoms with van der Waals surface area (Å²) >= 11 is 0. The lowest BCUT2D eigenvalue weighted by Gasteiger charge is -2.09. The number of amides is 3. The molecule has 152 valence electrons. The Morgan fingerprint density at radius 2 is 1.45 bits per heavy atom. The van der Waals surface area contributed by atoms with Crippen molar-refractivity contribution >= 4 is 39.0 Å². The molecule has 3 amide bonds. The van der Waals surface area contributed by atoms with Gasteiger partial charge in [0.1, 0.15) is 0 Å². The number of carbonyl (C=O) groups is 2. The summed E-state index contributed by atoms with van der Waals surface area (Å²) in [6.45, 7) is 0. The Bertz CT molecular complexity index is 1070. The van der Waals surface area contributed by atoms with Crippen molar-refractivity contribution in [3.05, 3.63) is 68.3 Å². The minimum Gasteiger partial charge on any atom is -0.341 e. The normalized spacial score (nSPS) is 10.7. The van der Waals surface area contributed by atoms with E-state index in [0.717, 1.165) is 12.1 Å². The number of hydrogen-bond donors (Lipinski definition) is 3. The highest BCUT2D eigenvalue weighted by Gasteiger charge is 2.24. The van der Waals surface area contributed by atoms with Gasteiger partial charge < -0.3 is 10.6 Å². The third kappa shape index (κ3) is 5.23. The minimum atomic E-state index is -4.39. The first kappa shape index (κ1) is 21.2. The van der Waals surface area contributed by atoms with Gasteiger partial charge in [0.25, 0.3) is 27.3 Å². The molecule has 2 rings (SSSR count). The van der Waals surface area contributed by atoms with Crippen molar-refractivity contribution < 1.29 is 27.9 Å². The molecule has 0 aliphatic carbocycles. The second-order valence-electron chi connectivity index (χ2n) is 5.42. The van der Waals surface area contributed by atoms with Crippen LogP contribution in [0.5, 0.6) is 0 Å². The van der Waals surface area contributed by atoms with E-state index in [2.05, 4.69) is 10.6 Å². The summed E-state index contributed by atoms with van der Waals surface area (Å²) in [6, 6.07) is 6.31. The van der Waals surface area contributed by atoms with Crippen LogP contribution in [-0.4, -0.2) is 37.3 Å². The molecule has 0 saturated heterocycles. The number of carbonyl (C=O) groups excluding carboxylic acids is 2. The van der Waals surface area contributed by atoms with Crippen molar-refractivity contribution in [2.75, 3.05) is 12.4 Å². The van der Waals surface area contributed by atoms with E-state index < -0.39 is 48.7 Å². The average Bonchev–Trinajstić information content (AvgIpc) is 2.67. The summed E-state index contributed by atoms with van der Waals surface area (Å²) in [6.07, 6.45) is 0. The quantitative estimate of drug-likeness (QED) is 0.458. The fraction of sp³-hybridized carbons (Fsp3) is 0.0667. The standard InChI is InChI=1S/C15H13N5O8S/c1-16-15(22)17-10-2-4-13(5-3-10)29(27,28)18-14(21)9-6-11(19(23)24)8-12(7-9)20(25)26/h2-8H,1H3,(H,18,21)(H2,16,17,22). The second kappa shape index (κ2) is 8.30. The van der Waals surface area contributed by atoms with E-state index in [1.54, 1.807) is 4.72 Å². The molecule has 0 bridgehead atoms. The van der Waals surface area contributed by atoms with Gasteiger partial charge in [-0.05, 0) is 24.3 Å². The molecular formula is C15H13N5O8S. The first-order valence-electron chi connectivity index (χ1n) is 7.63. The molecule has 2 aromatic carbocycles. The zero-order valence-corrected chi connectivity index (χ0v) is 15.4.